The van der Waals surface area contributed by atoms with Crippen molar-refractivity contribution in [3.05, 3.63) is 167 Å². The summed E-state index contributed by atoms with van der Waals surface area (Å²) < 4.78 is 6.02. The molecule has 0 radical (unpaired) electrons. The van der Waals surface area contributed by atoms with E-state index in [4.69, 9.17) is 4.74 Å². The maximum Gasteiger partial charge on any atom is 0.241 e. The highest BCUT2D eigenvalue weighted by Crippen LogP contribution is 2.64. The molecule has 6 unspecified atom stereocenters. The summed E-state index contributed by atoms with van der Waals surface area (Å²) in [5, 5.41) is 11.7. The number of phenols is 1. The number of phenolic OH excluding ortho intramolecular Hbond substituents is 1. The highest BCUT2D eigenvalue weighted by atomic mass is 16.5. The van der Waals surface area contributed by atoms with E-state index in [0.29, 0.717) is 33.8 Å². The Morgan fingerprint density at radius 3 is 2.02 bits per heavy atom. The molecule has 1 N–H and O–H groups in total. The molecule has 0 spiro atoms. The molecule has 3 fully saturated rings. The Labute approximate surface area is 323 Å². The van der Waals surface area contributed by atoms with E-state index in [0.717, 1.165) is 11.1 Å². The molecule has 5 aromatic rings. The zero-order valence-corrected chi connectivity index (χ0v) is 30.6. The largest absolute Gasteiger partial charge is 0.508 e. The Morgan fingerprint density at radius 2 is 1.34 bits per heavy atom. The fourth-order valence-electron chi connectivity index (χ4n) is 9.55. The number of carbonyl (C=O) groups excluding carboxylic acids is 5. The van der Waals surface area contributed by atoms with Crippen molar-refractivity contribution in [3.63, 3.8) is 0 Å². The Bertz CT molecular complexity index is 2430. The van der Waals surface area contributed by atoms with Crippen LogP contribution in [0.1, 0.15) is 52.7 Å². The number of ketones is 1. The van der Waals surface area contributed by atoms with Crippen LogP contribution in [-0.2, 0) is 25.8 Å². The van der Waals surface area contributed by atoms with Gasteiger partial charge in [0.15, 0.2) is 5.78 Å². The summed E-state index contributed by atoms with van der Waals surface area (Å²) in [6, 6.07) is 38.8. The topological polar surface area (TPSA) is 121 Å². The highest BCUT2D eigenvalue weighted by molar-refractivity contribution is 6.25. The first-order chi connectivity index (χ1) is 27.2. The van der Waals surface area contributed by atoms with Gasteiger partial charge in [0, 0.05) is 28.7 Å². The van der Waals surface area contributed by atoms with E-state index < -0.39 is 35.0 Å². The molecule has 1 saturated carbocycles. The number of benzene rings is 5. The molecule has 2 aliphatic heterocycles. The summed E-state index contributed by atoms with van der Waals surface area (Å²) >= 11 is 0. The standard InChI is InChI=1S/C47H38N2O7/c1-47-38(44(53)49(46(47)55)31-15-9-4-10-16-31)26-37-34(41(47)35-22-21-33(25-39(35)50)56-27-28-11-5-2-6-12-28)23-24-36-40(37)45(54)48(43(36)52)32-19-17-30(18-20-32)42(51)29-13-7-3-8-14-29/h2-23,25,36-38,40-41,50H,24,26-27H2,1H3. The predicted molar refractivity (Wildman–Crippen MR) is 209 cm³/mol. The van der Waals surface area contributed by atoms with Crippen LogP contribution in [0.25, 0.3) is 0 Å². The SMILES string of the molecule is CC12C(=O)N(c3ccccc3)C(=O)C1CC1C(=CCC3C(=O)N(c4ccc(C(=O)c5ccccc5)cc4)C(=O)C31)C2c1ccc(OCc2ccccc2)cc1O. The van der Waals surface area contributed by atoms with Crippen molar-refractivity contribution in [2.75, 3.05) is 9.80 Å². The lowest BCUT2D eigenvalue weighted by Gasteiger charge is -2.49. The molecule has 2 saturated heterocycles. The monoisotopic (exact) mass is 742 g/mol. The minimum atomic E-state index is -1.31. The molecule has 9 rings (SSSR count). The number of para-hydroxylation sites is 1. The Morgan fingerprint density at radius 1 is 0.714 bits per heavy atom. The van der Waals surface area contributed by atoms with Crippen molar-refractivity contribution < 1.29 is 33.8 Å². The predicted octanol–water partition coefficient (Wildman–Crippen LogP) is 7.64. The van der Waals surface area contributed by atoms with Crippen molar-refractivity contribution in [1.82, 2.24) is 0 Å². The van der Waals surface area contributed by atoms with Gasteiger partial charge in [0.1, 0.15) is 18.1 Å². The second-order valence-corrected chi connectivity index (χ2v) is 15.2. The van der Waals surface area contributed by atoms with Crippen LogP contribution in [0.2, 0.25) is 0 Å². The third kappa shape index (κ3) is 5.48. The molecule has 2 aliphatic carbocycles. The number of nitrogens with zero attached hydrogens (tertiary/aromatic N) is 2. The molecule has 4 amide bonds. The van der Waals surface area contributed by atoms with Crippen molar-refractivity contribution in [2.24, 2.45) is 29.1 Å². The number of aromatic hydroxyl groups is 1. The minimum absolute atomic E-state index is 0.0942. The first kappa shape index (κ1) is 35.1. The van der Waals surface area contributed by atoms with Crippen molar-refractivity contribution in [3.8, 4) is 11.5 Å². The summed E-state index contributed by atoms with van der Waals surface area (Å²) in [6.45, 7) is 2.08. The highest BCUT2D eigenvalue weighted by Gasteiger charge is 2.68. The molecule has 0 bridgehead atoms. The van der Waals surface area contributed by atoms with Gasteiger partial charge in [-0.3, -0.25) is 28.9 Å². The summed E-state index contributed by atoms with van der Waals surface area (Å²) in [5.74, 6) is -4.94. The zero-order chi connectivity index (χ0) is 38.7. The molecule has 56 heavy (non-hydrogen) atoms. The van der Waals surface area contributed by atoms with E-state index in [2.05, 4.69) is 0 Å². The quantitative estimate of drug-likeness (QED) is 0.0986. The van der Waals surface area contributed by atoms with Gasteiger partial charge in [-0.05, 0) is 73.7 Å². The zero-order valence-electron chi connectivity index (χ0n) is 30.6. The lowest BCUT2D eigenvalue weighted by Crippen LogP contribution is -2.48. The van der Waals surface area contributed by atoms with Gasteiger partial charge in [0.25, 0.3) is 0 Å². The lowest BCUT2D eigenvalue weighted by atomic mass is 9.51. The van der Waals surface area contributed by atoms with Crippen LogP contribution in [0.15, 0.2) is 145 Å². The van der Waals surface area contributed by atoms with Gasteiger partial charge < -0.3 is 9.84 Å². The maximum absolute atomic E-state index is 14.7. The first-order valence-corrected chi connectivity index (χ1v) is 18.9. The molecule has 278 valence electrons. The molecule has 4 aliphatic rings. The summed E-state index contributed by atoms with van der Waals surface area (Å²) in [6.07, 6.45) is 2.39. The fraction of sp³-hybridized carbons (Fsp3) is 0.213. The van der Waals surface area contributed by atoms with E-state index in [9.17, 15) is 29.1 Å². The molecular formula is C47H38N2O7. The van der Waals surface area contributed by atoms with Gasteiger partial charge in [-0.25, -0.2) is 4.90 Å². The second-order valence-electron chi connectivity index (χ2n) is 15.2. The normalized spacial score (nSPS) is 25.4. The number of hydrogen-bond donors (Lipinski definition) is 1. The molecule has 5 aromatic carbocycles. The molecule has 0 aromatic heterocycles. The van der Waals surface area contributed by atoms with Crippen molar-refractivity contribution in [2.45, 2.75) is 32.3 Å². The second kappa shape index (κ2) is 13.6. The third-order valence-electron chi connectivity index (χ3n) is 12.3. The van der Waals surface area contributed by atoms with Crippen LogP contribution in [0, 0.1) is 29.1 Å². The van der Waals surface area contributed by atoms with Crippen LogP contribution in [-0.4, -0.2) is 34.5 Å². The Balaban J connectivity index is 1.08. The summed E-state index contributed by atoms with van der Waals surface area (Å²) in [4.78, 5) is 73.5. The van der Waals surface area contributed by atoms with E-state index in [1.54, 1.807) is 91.9 Å². The van der Waals surface area contributed by atoms with Gasteiger partial charge in [0.2, 0.25) is 23.6 Å². The number of carbonyl (C=O) groups is 5. The number of imide groups is 2. The van der Waals surface area contributed by atoms with Gasteiger partial charge in [0.05, 0.1) is 34.5 Å². The van der Waals surface area contributed by atoms with Crippen LogP contribution in [0.5, 0.6) is 11.5 Å². The first-order valence-electron chi connectivity index (χ1n) is 18.9. The number of anilines is 2. The van der Waals surface area contributed by atoms with Gasteiger partial charge >= 0.3 is 0 Å². The summed E-state index contributed by atoms with van der Waals surface area (Å²) in [5.41, 5.74) is 2.64. The molecule has 9 heteroatoms. The van der Waals surface area contributed by atoms with E-state index in [1.807, 2.05) is 48.5 Å². The van der Waals surface area contributed by atoms with Crippen LogP contribution >= 0.6 is 0 Å². The number of rotatable bonds is 8. The van der Waals surface area contributed by atoms with Crippen LogP contribution < -0.4 is 14.5 Å². The number of fused-ring (bicyclic) bond motifs is 4. The van der Waals surface area contributed by atoms with Crippen LogP contribution in [0.3, 0.4) is 0 Å². The number of ether oxygens (including phenoxy) is 1. The number of amides is 4. The number of hydrogen-bond acceptors (Lipinski definition) is 7. The van der Waals surface area contributed by atoms with Gasteiger partial charge in [-0.15, -0.1) is 0 Å². The summed E-state index contributed by atoms with van der Waals surface area (Å²) in [7, 11) is 0. The maximum atomic E-state index is 14.7. The fourth-order valence-corrected chi connectivity index (χ4v) is 9.55. The molecule has 9 nitrogen and oxygen atoms in total. The third-order valence-corrected chi connectivity index (χ3v) is 12.3. The number of allylic oxidation sites excluding steroid dienone is 2. The van der Waals surface area contributed by atoms with E-state index >= 15 is 0 Å². The average molecular weight is 743 g/mol. The van der Waals surface area contributed by atoms with Gasteiger partial charge in [-0.2, -0.15) is 0 Å². The Kier molecular flexibility index (Phi) is 8.53. The lowest BCUT2D eigenvalue weighted by molar-refractivity contribution is -0.131. The molecule has 6 atom stereocenters. The van der Waals surface area contributed by atoms with Gasteiger partial charge in [-0.1, -0.05) is 96.6 Å². The van der Waals surface area contributed by atoms with E-state index in [1.165, 1.54) is 15.9 Å². The Hall–Kier alpha value is -6.61. The average Bonchev–Trinajstić information content (AvgIpc) is 3.60. The van der Waals surface area contributed by atoms with Crippen molar-refractivity contribution in [1.29, 1.82) is 0 Å². The molecule has 2 heterocycles. The smallest absolute Gasteiger partial charge is 0.241 e. The molecular weight excluding hydrogens is 705 g/mol. The van der Waals surface area contributed by atoms with E-state index in [-0.39, 0.29) is 54.6 Å². The van der Waals surface area contributed by atoms with Crippen molar-refractivity contribution >= 4 is 40.8 Å². The minimum Gasteiger partial charge on any atom is -0.508 e. The van der Waals surface area contributed by atoms with Crippen LogP contribution in [0.4, 0.5) is 11.4 Å².